The topological polar surface area (TPSA) is 34.0 Å². The molecule has 3 nitrogen and oxygen atoms in total. The first kappa shape index (κ1) is 14.9. The number of benzene rings is 2. The van der Waals surface area contributed by atoms with Crippen LogP contribution >= 0.6 is 23.2 Å². The molecule has 5 heteroatoms. The summed E-state index contributed by atoms with van der Waals surface area (Å²) in [5.41, 5.74) is 3.34. The Morgan fingerprint density at radius 3 is 2.32 bits per heavy atom. The maximum absolute atomic E-state index is 12.4. The molecule has 3 rings (SSSR count). The average Bonchev–Trinajstić information content (AvgIpc) is 2.80. The van der Waals surface area contributed by atoms with Crippen molar-refractivity contribution in [2.24, 2.45) is 7.05 Å². The molecule has 0 spiro atoms. The molecule has 1 amide bonds. The van der Waals surface area contributed by atoms with E-state index in [9.17, 15) is 4.79 Å². The summed E-state index contributed by atoms with van der Waals surface area (Å²) in [5, 5.41) is 4.93. The van der Waals surface area contributed by atoms with Crippen LogP contribution in [0.15, 0.2) is 42.5 Å². The lowest BCUT2D eigenvalue weighted by molar-refractivity contribution is 0.0956. The van der Waals surface area contributed by atoms with Gasteiger partial charge in [0.05, 0.1) is 0 Å². The lowest BCUT2D eigenvalue weighted by Gasteiger charge is -2.07. The van der Waals surface area contributed by atoms with Gasteiger partial charge in [-0.15, -0.1) is 0 Å². The number of nitrogens with one attached hydrogen (secondary N) is 1. The molecule has 0 aliphatic rings. The summed E-state index contributed by atoms with van der Waals surface area (Å²) in [7, 11) is 3.50. The van der Waals surface area contributed by atoms with Crippen LogP contribution in [0.3, 0.4) is 0 Å². The number of rotatable bonds is 2. The first-order valence-electron chi connectivity index (χ1n) is 6.79. The van der Waals surface area contributed by atoms with Crippen LogP contribution < -0.4 is 5.32 Å². The highest BCUT2D eigenvalue weighted by Crippen LogP contribution is 2.36. The van der Waals surface area contributed by atoms with Crippen LogP contribution in [0.1, 0.15) is 10.5 Å². The summed E-state index contributed by atoms with van der Waals surface area (Å²) in [4.78, 5) is 12.4. The first-order valence-corrected chi connectivity index (χ1v) is 7.54. The Balaban J connectivity index is 2.41. The molecule has 0 unspecified atom stereocenters. The van der Waals surface area contributed by atoms with E-state index in [1.165, 1.54) is 0 Å². The van der Waals surface area contributed by atoms with Crippen LogP contribution in [0.5, 0.6) is 0 Å². The molecule has 1 N–H and O–H groups in total. The predicted molar refractivity (Wildman–Crippen MR) is 91.8 cm³/mol. The van der Waals surface area contributed by atoms with Crippen LogP contribution in [-0.2, 0) is 7.05 Å². The van der Waals surface area contributed by atoms with Gasteiger partial charge in [-0.3, -0.25) is 4.79 Å². The van der Waals surface area contributed by atoms with E-state index in [0.29, 0.717) is 15.7 Å². The zero-order chi connectivity index (χ0) is 15.9. The molecule has 1 aromatic heterocycles. The molecule has 2 aromatic carbocycles. The maximum Gasteiger partial charge on any atom is 0.268 e. The fourth-order valence-electron chi connectivity index (χ4n) is 2.71. The van der Waals surface area contributed by atoms with Gasteiger partial charge in [0.2, 0.25) is 0 Å². The standard InChI is InChI=1S/C17H14Cl2N2O/c1-20-17(22)16-15(10-3-5-11(18)6-4-10)13-9-12(19)7-8-14(13)21(16)2/h3-9H,1-2H3,(H,20,22). The van der Waals surface area contributed by atoms with Gasteiger partial charge in [0.1, 0.15) is 5.69 Å². The highest BCUT2D eigenvalue weighted by molar-refractivity contribution is 6.32. The summed E-state index contributed by atoms with van der Waals surface area (Å²) in [6.07, 6.45) is 0. The Morgan fingerprint density at radius 1 is 1.05 bits per heavy atom. The molecule has 0 fully saturated rings. The highest BCUT2D eigenvalue weighted by atomic mass is 35.5. The summed E-state index contributed by atoms with van der Waals surface area (Å²) in [5.74, 6) is -0.139. The van der Waals surface area contributed by atoms with E-state index in [4.69, 9.17) is 23.2 Å². The van der Waals surface area contributed by atoms with Crippen LogP contribution in [0, 0.1) is 0 Å². The molecular formula is C17H14Cl2N2O. The Morgan fingerprint density at radius 2 is 1.68 bits per heavy atom. The Hall–Kier alpha value is -1.97. The van der Waals surface area contributed by atoms with Crippen LogP contribution in [0.25, 0.3) is 22.0 Å². The fraction of sp³-hybridized carbons (Fsp3) is 0.118. The molecule has 0 saturated heterocycles. The quantitative estimate of drug-likeness (QED) is 0.735. The minimum Gasteiger partial charge on any atom is -0.354 e. The van der Waals surface area contributed by atoms with Crippen molar-refractivity contribution in [3.05, 3.63) is 58.2 Å². The number of aromatic nitrogens is 1. The Labute approximate surface area is 138 Å². The van der Waals surface area contributed by atoms with E-state index >= 15 is 0 Å². The molecule has 0 radical (unpaired) electrons. The van der Waals surface area contributed by atoms with Gasteiger partial charge in [0.25, 0.3) is 5.91 Å². The van der Waals surface area contributed by atoms with Crippen molar-refractivity contribution in [2.75, 3.05) is 7.05 Å². The van der Waals surface area contributed by atoms with E-state index < -0.39 is 0 Å². The molecule has 3 aromatic rings. The lowest BCUT2D eigenvalue weighted by Crippen LogP contribution is -2.21. The molecule has 1 heterocycles. The van der Waals surface area contributed by atoms with Crippen molar-refractivity contribution in [3.63, 3.8) is 0 Å². The second-order valence-electron chi connectivity index (χ2n) is 5.03. The summed E-state index contributed by atoms with van der Waals surface area (Å²) >= 11 is 12.1. The van der Waals surface area contributed by atoms with E-state index in [0.717, 1.165) is 22.0 Å². The van der Waals surface area contributed by atoms with Crippen molar-refractivity contribution in [2.45, 2.75) is 0 Å². The minimum atomic E-state index is -0.139. The lowest BCUT2D eigenvalue weighted by atomic mass is 10.0. The average molecular weight is 333 g/mol. The maximum atomic E-state index is 12.4. The van der Waals surface area contributed by atoms with E-state index in [1.807, 2.05) is 54.1 Å². The second-order valence-corrected chi connectivity index (χ2v) is 5.90. The number of hydrogen-bond acceptors (Lipinski definition) is 1. The molecule has 112 valence electrons. The van der Waals surface area contributed by atoms with Gasteiger partial charge in [-0.1, -0.05) is 35.3 Å². The number of halogens is 2. The third-order valence-corrected chi connectivity index (χ3v) is 4.22. The Kier molecular flexibility index (Phi) is 3.85. The van der Waals surface area contributed by atoms with E-state index in [1.54, 1.807) is 7.05 Å². The van der Waals surface area contributed by atoms with E-state index in [-0.39, 0.29) is 5.91 Å². The van der Waals surface area contributed by atoms with Gasteiger partial charge in [0, 0.05) is 40.6 Å². The predicted octanol–water partition coefficient (Wildman–Crippen LogP) is 4.51. The number of aryl methyl sites for hydroxylation is 1. The van der Waals surface area contributed by atoms with Crippen molar-refractivity contribution < 1.29 is 4.79 Å². The van der Waals surface area contributed by atoms with Crippen LogP contribution in [0.4, 0.5) is 0 Å². The number of carbonyl (C=O) groups is 1. The second kappa shape index (κ2) is 5.67. The summed E-state index contributed by atoms with van der Waals surface area (Å²) in [6.45, 7) is 0. The molecule has 0 aliphatic heterocycles. The summed E-state index contributed by atoms with van der Waals surface area (Å²) in [6, 6.07) is 13.1. The number of nitrogens with zero attached hydrogens (tertiary/aromatic N) is 1. The molecule has 0 aliphatic carbocycles. The SMILES string of the molecule is CNC(=O)c1c(-c2ccc(Cl)cc2)c2cc(Cl)ccc2n1C. The molecule has 22 heavy (non-hydrogen) atoms. The van der Waals surface area contributed by atoms with Gasteiger partial charge in [-0.25, -0.2) is 0 Å². The zero-order valence-corrected chi connectivity index (χ0v) is 13.7. The van der Waals surface area contributed by atoms with Crippen molar-refractivity contribution in [1.82, 2.24) is 9.88 Å². The molecular weight excluding hydrogens is 319 g/mol. The first-order chi connectivity index (χ1) is 10.5. The van der Waals surface area contributed by atoms with Gasteiger partial charge >= 0.3 is 0 Å². The molecule has 0 bridgehead atoms. The smallest absolute Gasteiger partial charge is 0.268 e. The number of carbonyl (C=O) groups excluding carboxylic acids is 1. The molecule has 0 saturated carbocycles. The van der Waals surface area contributed by atoms with Crippen molar-refractivity contribution in [1.29, 1.82) is 0 Å². The number of amides is 1. The minimum absolute atomic E-state index is 0.139. The highest BCUT2D eigenvalue weighted by Gasteiger charge is 2.21. The third-order valence-electron chi connectivity index (χ3n) is 3.74. The summed E-state index contributed by atoms with van der Waals surface area (Å²) < 4.78 is 1.88. The van der Waals surface area contributed by atoms with Gasteiger partial charge in [-0.2, -0.15) is 0 Å². The fourth-order valence-corrected chi connectivity index (χ4v) is 3.01. The molecule has 0 atom stereocenters. The zero-order valence-electron chi connectivity index (χ0n) is 12.2. The third kappa shape index (κ3) is 2.36. The van der Waals surface area contributed by atoms with Crippen molar-refractivity contribution in [3.8, 4) is 11.1 Å². The van der Waals surface area contributed by atoms with Gasteiger partial charge in [0.15, 0.2) is 0 Å². The van der Waals surface area contributed by atoms with Gasteiger partial charge < -0.3 is 9.88 Å². The van der Waals surface area contributed by atoms with Crippen LogP contribution in [0.2, 0.25) is 10.0 Å². The Bertz CT molecular complexity index is 866. The normalized spacial score (nSPS) is 10.9. The van der Waals surface area contributed by atoms with E-state index in [2.05, 4.69) is 5.32 Å². The van der Waals surface area contributed by atoms with Crippen LogP contribution in [-0.4, -0.2) is 17.5 Å². The number of fused-ring (bicyclic) bond motifs is 1. The largest absolute Gasteiger partial charge is 0.354 e. The number of hydrogen-bond donors (Lipinski definition) is 1. The van der Waals surface area contributed by atoms with Gasteiger partial charge in [-0.05, 0) is 35.9 Å². The monoisotopic (exact) mass is 332 g/mol. The van der Waals surface area contributed by atoms with Crippen molar-refractivity contribution >= 4 is 40.0 Å².